The van der Waals surface area contributed by atoms with Crippen molar-refractivity contribution in [2.45, 2.75) is 27.4 Å². The maximum Gasteiger partial charge on any atom is 0.125 e. The van der Waals surface area contributed by atoms with Gasteiger partial charge in [-0.25, -0.2) is 0 Å². The van der Waals surface area contributed by atoms with Gasteiger partial charge in [0.15, 0.2) is 0 Å². The minimum atomic E-state index is 0.631. The van der Waals surface area contributed by atoms with E-state index in [2.05, 4.69) is 45.0 Å². The van der Waals surface area contributed by atoms with Gasteiger partial charge in [0.2, 0.25) is 0 Å². The van der Waals surface area contributed by atoms with Crippen LogP contribution >= 0.6 is 0 Å². The van der Waals surface area contributed by atoms with Crippen LogP contribution in [0, 0.1) is 20.8 Å². The van der Waals surface area contributed by atoms with Gasteiger partial charge in [-0.2, -0.15) is 0 Å². The van der Waals surface area contributed by atoms with Crippen molar-refractivity contribution in [3.63, 3.8) is 0 Å². The highest BCUT2D eigenvalue weighted by Gasteiger charge is 2.05. The van der Waals surface area contributed by atoms with E-state index < -0.39 is 0 Å². The van der Waals surface area contributed by atoms with Crippen molar-refractivity contribution in [3.8, 4) is 5.75 Å². The first-order valence-electron chi connectivity index (χ1n) is 5.91. The SMILES string of the molecule is Cc1cc(C)c(OCc2ccccc2)c(C)c1. The van der Waals surface area contributed by atoms with E-state index in [-0.39, 0.29) is 0 Å². The van der Waals surface area contributed by atoms with Crippen LogP contribution in [0.15, 0.2) is 42.5 Å². The molecule has 0 spiro atoms. The standard InChI is InChI=1S/C16H18O/c1-12-9-13(2)16(14(3)10-12)17-11-15-7-5-4-6-8-15/h4-10H,11H2,1-3H3. The number of ether oxygens (including phenoxy) is 1. The first-order valence-corrected chi connectivity index (χ1v) is 5.91. The van der Waals surface area contributed by atoms with E-state index in [4.69, 9.17) is 4.74 Å². The zero-order valence-corrected chi connectivity index (χ0v) is 10.7. The summed E-state index contributed by atoms with van der Waals surface area (Å²) in [6, 6.07) is 14.6. The second-order valence-corrected chi connectivity index (χ2v) is 4.50. The van der Waals surface area contributed by atoms with Crippen LogP contribution in [0.4, 0.5) is 0 Å². The molecule has 0 aliphatic rings. The van der Waals surface area contributed by atoms with E-state index in [1.54, 1.807) is 0 Å². The number of aryl methyl sites for hydroxylation is 3. The van der Waals surface area contributed by atoms with E-state index in [9.17, 15) is 0 Å². The van der Waals surface area contributed by atoms with Crippen LogP contribution in [0.2, 0.25) is 0 Å². The van der Waals surface area contributed by atoms with E-state index >= 15 is 0 Å². The third-order valence-corrected chi connectivity index (χ3v) is 2.83. The summed E-state index contributed by atoms with van der Waals surface area (Å²) >= 11 is 0. The van der Waals surface area contributed by atoms with E-state index in [1.165, 1.54) is 22.3 Å². The minimum Gasteiger partial charge on any atom is -0.488 e. The highest BCUT2D eigenvalue weighted by atomic mass is 16.5. The van der Waals surface area contributed by atoms with Crippen molar-refractivity contribution in [2.75, 3.05) is 0 Å². The summed E-state index contributed by atoms with van der Waals surface area (Å²) in [6.45, 7) is 6.94. The molecule has 0 atom stereocenters. The molecule has 0 bridgehead atoms. The molecule has 0 aliphatic heterocycles. The second-order valence-electron chi connectivity index (χ2n) is 4.50. The minimum absolute atomic E-state index is 0.631. The average Bonchev–Trinajstić information content (AvgIpc) is 2.29. The largest absolute Gasteiger partial charge is 0.488 e. The summed E-state index contributed by atoms with van der Waals surface area (Å²) in [6.07, 6.45) is 0. The van der Waals surface area contributed by atoms with E-state index in [0.717, 1.165) is 5.75 Å². The average molecular weight is 226 g/mol. The molecule has 0 aliphatic carbocycles. The van der Waals surface area contributed by atoms with Crippen molar-refractivity contribution in [1.82, 2.24) is 0 Å². The fourth-order valence-corrected chi connectivity index (χ4v) is 2.12. The van der Waals surface area contributed by atoms with Crippen LogP contribution in [-0.4, -0.2) is 0 Å². The molecule has 1 heteroatoms. The second kappa shape index (κ2) is 5.05. The maximum atomic E-state index is 5.91. The van der Waals surface area contributed by atoms with Crippen LogP contribution in [0.25, 0.3) is 0 Å². The molecule has 0 aromatic heterocycles. The van der Waals surface area contributed by atoms with Crippen LogP contribution in [-0.2, 0) is 6.61 Å². The highest BCUT2D eigenvalue weighted by Crippen LogP contribution is 2.25. The molecule has 2 aromatic carbocycles. The lowest BCUT2D eigenvalue weighted by molar-refractivity contribution is 0.302. The molecule has 0 saturated heterocycles. The van der Waals surface area contributed by atoms with Gasteiger partial charge in [0.25, 0.3) is 0 Å². The Bertz CT molecular complexity index is 477. The smallest absolute Gasteiger partial charge is 0.125 e. The summed E-state index contributed by atoms with van der Waals surface area (Å²) in [7, 11) is 0. The molecule has 0 heterocycles. The van der Waals surface area contributed by atoms with Gasteiger partial charge in [0.1, 0.15) is 12.4 Å². The van der Waals surface area contributed by atoms with Crippen molar-refractivity contribution in [1.29, 1.82) is 0 Å². The van der Waals surface area contributed by atoms with Gasteiger partial charge in [-0.15, -0.1) is 0 Å². The first-order chi connectivity index (χ1) is 8.16. The zero-order valence-electron chi connectivity index (χ0n) is 10.7. The maximum absolute atomic E-state index is 5.91. The predicted octanol–water partition coefficient (Wildman–Crippen LogP) is 4.19. The molecule has 0 amide bonds. The molecule has 0 radical (unpaired) electrons. The number of rotatable bonds is 3. The van der Waals surface area contributed by atoms with Crippen molar-refractivity contribution < 1.29 is 4.74 Å². The fraction of sp³-hybridized carbons (Fsp3) is 0.250. The van der Waals surface area contributed by atoms with Gasteiger partial charge < -0.3 is 4.74 Å². The normalized spacial score (nSPS) is 10.3. The first kappa shape index (κ1) is 11.7. The zero-order chi connectivity index (χ0) is 12.3. The van der Waals surface area contributed by atoms with Crippen LogP contribution in [0.1, 0.15) is 22.3 Å². The summed E-state index contributed by atoms with van der Waals surface area (Å²) in [4.78, 5) is 0. The molecule has 0 unspecified atom stereocenters. The molecule has 0 fully saturated rings. The Labute approximate surface area is 103 Å². The Morgan fingerprint density at radius 1 is 0.882 bits per heavy atom. The summed E-state index contributed by atoms with van der Waals surface area (Å²) in [5, 5.41) is 0. The lowest BCUT2D eigenvalue weighted by Crippen LogP contribution is -1.99. The molecule has 88 valence electrons. The van der Waals surface area contributed by atoms with Gasteiger partial charge in [-0.3, -0.25) is 0 Å². The third-order valence-electron chi connectivity index (χ3n) is 2.83. The summed E-state index contributed by atoms with van der Waals surface area (Å²) in [5.41, 5.74) is 4.90. The molecule has 0 saturated carbocycles. The lowest BCUT2D eigenvalue weighted by Gasteiger charge is -2.13. The molecular weight excluding hydrogens is 208 g/mol. The van der Waals surface area contributed by atoms with E-state index in [0.29, 0.717) is 6.61 Å². The Kier molecular flexibility index (Phi) is 3.48. The third kappa shape index (κ3) is 2.88. The van der Waals surface area contributed by atoms with Gasteiger partial charge in [-0.1, -0.05) is 48.0 Å². The molecule has 2 aromatic rings. The van der Waals surface area contributed by atoms with Gasteiger partial charge >= 0.3 is 0 Å². The molecular formula is C16H18O. The van der Waals surface area contributed by atoms with Crippen LogP contribution < -0.4 is 4.74 Å². The molecule has 17 heavy (non-hydrogen) atoms. The molecule has 2 rings (SSSR count). The highest BCUT2D eigenvalue weighted by molar-refractivity contribution is 5.43. The van der Waals surface area contributed by atoms with Crippen LogP contribution in [0.5, 0.6) is 5.75 Å². The fourth-order valence-electron chi connectivity index (χ4n) is 2.12. The van der Waals surface area contributed by atoms with Crippen molar-refractivity contribution >= 4 is 0 Å². The molecule has 1 nitrogen and oxygen atoms in total. The lowest BCUT2D eigenvalue weighted by atomic mass is 10.1. The topological polar surface area (TPSA) is 9.23 Å². The Hall–Kier alpha value is -1.76. The van der Waals surface area contributed by atoms with Gasteiger partial charge in [-0.05, 0) is 37.5 Å². The van der Waals surface area contributed by atoms with Crippen LogP contribution in [0.3, 0.4) is 0 Å². The number of hydrogen-bond donors (Lipinski definition) is 0. The Morgan fingerprint density at radius 3 is 2.06 bits per heavy atom. The predicted molar refractivity (Wildman–Crippen MR) is 71.4 cm³/mol. The van der Waals surface area contributed by atoms with E-state index in [1.807, 2.05) is 18.2 Å². The Morgan fingerprint density at radius 2 is 1.47 bits per heavy atom. The molecule has 0 N–H and O–H groups in total. The number of benzene rings is 2. The summed E-state index contributed by atoms with van der Waals surface area (Å²) in [5.74, 6) is 1.01. The van der Waals surface area contributed by atoms with Gasteiger partial charge in [0, 0.05) is 0 Å². The monoisotopic (exact) mass is 226 g/mol. The summed E-state index contributed by atoms with van der Waals surface area (Å²) < 4.78 is 5.91. The Balaban J connectivity index is 2.15. The quantitative estimate of drug-likeness (QED) is 0.762. The number of hydrogen-bond acceptors (Lipinski definition) is 1. The van der Waals surface area contributed by atoms with Crippen molar-refractivity contribution in [3.05, 3.63) is 64.7 Å². The van der Waals surface area contributed by atoms with Crippen molar-refractivity contribution in [2.24, 2.45) is 0 Å². The van der Waals surface area contributed by atoms with Gasteiger partial charge in [0.05, 0.1) is 0 Å².